The number of nitro benzene ring substituents is 1. The minimum absolute atomic E-state index is 0.0231. The number of amides is 1. The van der Waals surface area contributed by atoms with E-state index in [0.29, 0.717) is 29.8 Å². The zero-order chi connectivity index (χ0) is 21.4. The normalized spacial score (nSPS) is 10.1. The minimum atomic E-state index is -0.850. The first-order chi connectivity index (χ1) is 13.8. The smallest absolute Gasteiger partial charge is 0.338 e. The molecule has 9 nitrogen and oxygen atoms in total. The Hall–Kier alpha value is -3.75. The van der Waals surface area contributed by atoms with Gasteiger partial charge in [0.05, 0.1) is 22.7 Å². The van der Waals surface area contributed by atoms with E-state index in [9.17, 15) is 24.5 Å². The van der Waals surface area contributed by atoms with Crippen molar-refractivity contribution in [1.82, 2.24) is 0 Å². The molecule has 0 radical (unpaired) electrons. The van der Waals surface area contributed by atoms with E-state index >= 15 is 0 Å². The molecule has 0 fully saturated rings. The minimum Gasteiger partial charge on any atom is -0.462 e. The number of hydrogen-bond acceptors (Lipinski definition) is 7. The van der Waals surface area contributed by atoms with Gasteiger partial charge in [0.2, 0.25) is 0 Å². The lowest BCUT2D eigenvalue weighted by Crippen LogP contribution is -2.21. The van der Waals surface area contributed by atoms with Crippen molar-refractivity contribution in [3.05, 3.63) is 69.3 Å². The Labute approximate surface area is 166 Å². The van der Waals surface area contributed by atoms with Crippen LogP contribution in [0.2, 0.25) is 0 Å². The molecule has 2 aromatic rings. The molecule has 2 aromatic carbocycles. The summed E-state index contributed by atoms with van der Waals surface area (Å²) in [7, 11) is 0. The van der Waals surface area contributed by atoms with Crippen LogP contribution in [0.4, 0.5) is 11.4 Å². The number of rotatable bonds is 8. The van der Waals surface area contributed by atoms with Gasteiger partial charge in [-0.1, -0.05) is 13.0 Å². The number of aryl methyl sites for hydroxylation is 1. The van der Waals surface area contributed by atoms with E-state index < -0.39 is 29.4 Å². The molecule has 0 aliphatic heterocycles. The van der Waals surface area contributed by atoms with Crippen molar-refractivity contribution in [2.75, 3.05) is 18.5 Å². The molecule has 152 valence electrons. The van der Waals surface area contributed by atoms with Gasteiger partial charge in [0.1, 0.15) is 0 Å². The summed E-state index contributed by atoms with van der Waals surface area (Å²) in [6, 6.07) is 9.97. The summed E-state index contributed by atoms with van der Waals surface area (Å²) in [5, 5.41) is 13.5. The molecule has 9 heteroatoms. The number of carbonyl (C=O) groups excluding carboxylic acids is 3. The number of benzene rings is 2. The van der Waals surface area contributed by atoms with Gasteiger partial charge < -0.3 is 14.8 Å². The van der Waals surface area contributed by atoms with Crippen molar-refractivity contribution in [2.45, 2.75) is 20.3 Å². The largest absolute Gasteiger partial charge is 0.462 e. The Morgan fingerprint density at radius 3 is 2.24 bits per heavy atom. The second kappa shape index (κ2) is 9.98. The third-order valence-corrected chi connectivity index (χ3v) is 3.82. The number of anilines is 1. The maximum Gasteiger partial charge on any atom is 0.338 e. The Morgan fingerprint density at radius 2 is 1.62 bits per heavy atom. The molecule has 1 N–H and O–H groups in total. The van der Waals surface area contributed by atoms with Gasteiger partial charge in [0.15, 0.2) is 6.61 Å². The van der Waals surface area contributed by atoms with Crippen LogP contribution in [0.5, 0.6) is 0 Å². The number of esters is 2. The van der Waals surface area contributed by atoms with Crippen molar-refractivity contribution in [3.8, 4) is 0 Å². The molecule has 0 atom stereocenters. The molecule has 0 saturated carbocycles. The molecule has 0 heterocycles. The van der Waals surface area contributed by atoms with Crippen molar-refractivity contribution in [1.29, 1.82) is 0 Å². The third-order valence-electron chi connectivity index (χ3n) is 3.82. The van der Waals surface area contributed by atoms with Gasteiger partial charge in [-0.05, 0) is 43.7 Å². The summed E-state index contributed by atoms with van der Waals surface area (Å²) < 4.78 is 9.90. The topological polar surface area (TPSA) is 125 Å². The zero-order valence-electron chi connectivity index (χ0n) is 16.0. The average molecular weight is 400 g/mol. The first kappa shape index (κ1) is 21.5. The van der Waals surface area contributed by atoms with Gasteiger partial charge in [-0.3, -0.25) is 14.9 Å². The number of carbonyl (C=O) groups is 3. The fraction of sp³-hybridized carbons (Fsp3) is 0.250. The van der Waals surface area contributed by atoms with Crippen LogP contribution in [0.3, 0.4) is 0 Å². The van der Waals surface area contributed by atoms with Crippen LogP contribution in [0.1, 0.15) is 39.6 Å². The lowest BCUT2D eigenvalue weighted by molar-refractivity contribution is -0.385. The Kier molecular flexibility index (Phi) is 7.41. The van der Waals surface area contributed by atoms with Crippen molar-refractivity contribution < 1.29 is 28.8 Å². The number of hydrogen-bond donors (Lipinski definition) is 1. The predicted molar refractivity (Wildman–Crippen MR) is 104 cm³/mol. The zero-order valence-corrected chi connectivity index (χ0v) is 16.0. The second-order valence-corrected chi connectivity index (χ2v) is 6.10. The van der Waals surface area contributed by atoms with Gasteiger partial charge in [-0.25, -0.2) is 9.59 Å². The monoisotopic (exact) mass is 400 g/mol. The highest BCUT2D eigenvalue weighted by Crippen LogP contribution is 2.19. The molecule has 0 spiro atoms. The molecule has 0 aliphatic rings. The van der Waals surface area contributed by atoms with Crippen molar-refractivity contribution >= 4 is 29.2 Å². The van der Waals surface area contributed by atoms with E-state index in [0.717, 1.165) is 6.07 Å². The summed E-state index contributed by atoms with van der Waals surface area (Å²) in [6.07, 6.45) is 0.717. The molecule has 0 saturated heterocycles. The fourth-order valence-electron chi connectivity index (χ4n) is 2.31. The number of nitro groups is 1. The fourth-order valence-corrected chi connectivity index (χ4v) is 2.31. The molecule has 0 bridgehead atoms. The van der Waals surface area contributed by atoms with Gasteiger partial charge in [0, 0.05) is 17.3 Å². The van der Waals surface area contributed by atoms with Crippen LogP contribution in [0.25, 0.3) is 0 Å². The SMILES string of the molecule is CCCOC(=O)c1ccc(NC(=O)COC(=O)c2ccc(C)c([N+](=O)[O-])c2)cc1. The highest BCUT2D eigenvalue weighted by molar-refractivity contribution is 5.96. The maximum absolute atomic E-state index is 12.0. The number of ether oxygens (including phenoxy) is 2. The second-order valence-electron chi connectivity index (χ2n) is 6.10. The van der Waals surface area contributed by atoms with Crippen molar-refractivity contribution in [2.24, 2.45) is 0 Å². The third kappa shape index (κ3) is 6.13. The predicted octanol–water partition coefficient (Wildman–Crippen LogP) is 3.27. The first-order valence-electron chi connectivity index (χ1n) is 8.81. The Balaban J connectivity index is 1.89. The summed E-state index contributed by atoms with van der Waals surface area (Å²) in [6.45, 7) is 3.20. The number of nitrogens with one attached hydrogen (secondary N) is 1. The molecule has 29 heavy (non-hydrogen) atoms. The van der Waals surface area contributed by atoms with E-state index in [2.05, 4.69) is 5.32 Å². The summed E-state index contributed by atoms with van der Waals surface area (Å²) in [5.74, 6) is -1.90. The van der Waals surface area contributed by atoms with Crippen LogP contribution in [0.15, 0.2) is 42.5 Å². The van der Waals surface area contributed by atoms with Crippen LogP contribution >= 0.6 is 0 Å². The Bertz CT molecular complexity index is 923. The van der Waals surface area contributed by atoms with Crippen molar-refractivity contribution in [3.63, 3.8) is 0 Å². The average Bonchev–Trinajstić information content (AvgIpc) is 2.70. The van der Waals surface area contributed by atoms with E-state index in [4.69, 9.17) is 9.47 Å². The Morgan fingerprint density at radius 1 is 1.00 bits per heavy atom. The molecule has 0 aromatic heterocycles. The summed E-state index contributed by atoms with van der Waals surface area (Å²) in [5.41, 5.74) is 0.936. The van der Waals surface area contributed by atoms with Gasteiger partial charge in [-0.15, -0.1) is 0 Å². The molecule has 2 rings (SSSR count). The van der Waals surface area contributed by atoms with Gasteiger partial charge in [-0.2, -0.15) is 0 Å². The van der Waals surface area contributed by atoms with E-state index in [1.807, 2.05) is 6.92 Å². The highest BCUT2D eigenvalue weighted by atomic mass is 16.6. The molecular weight excluding hydrogens is 380 g/mol. The van der Waals surface area contributed by atoms with Gasteiger partial charge in [0.25, 0.3) is 11.6 Å². The van der Waals surface area contributed by atoms with Crippen LogP contribution in [0, 0.1) is 17.0 Å². The van der Waals surface area contributed by atoms with Crippen LogP contribution in [-0.2, 0) is 14.3 Å². The molecule has 1 amide bonds. The van der Waals surface area contributed by atoms with Crippen LogP contribution in [-0.4, -0.2) is 36.0 Å². The van der Waals surface area contributed by atoms with E-state index in [1.165, 1.54) is 36.4 Å². The molecule has 0 unspecified atom stereocenters. The quantitative estimate of drug-likeness (QED) is 0.409. The van der Waals surface area contributed by atoms with Crippen LogP contribution < -0.4 is 5.32 Å². The summed E-state index contributed by atoms with van der Waals surface area (Å²) >= 11 is 0. The molecule has 0 aliphatic carbocycles. The highest BCUT2D eigenvalue weighted by Gasteiger charge is 2.17. The number of nitrogens with zero attached hydrogens (tertiary/aromatic N) is 1. The molecular formula is C20H20N2O7. The lowest BCUT2D eigenvalue weighted by Gasteiger charge is -2.08. The van der Waals surface area contributed by atoms with E-state index in [1.54, 1.807) is 6.92 Å². The lowest BCUT2D eigenvalue weighted by atomic mass is 10.1. The van der Waals surface area contributed by atoms with Gasteiger partial charge >= 0.3 is 11.9 Å². The summed E-state index contributed by atoms with van der Waals surface area (Å²) in [4.78, 5) is 46.0. The van der Waals surface area contributed by atoms with E-state index in [-0.39, 0.29) is 11.3 Å². The maximum atomic E-state index is 12.0. The first-order valence-corrected chi connectivity index (χ1v) is 8.81. The standard InChI is InChI=1S/C20H20N2O7/c1-3-10-28-19(24)14-6-8-16(9-7-14)21-18(23)12-29-20(25)15-5-4-13(2)17(11-15)22(26)27/h4-9,11H,3,10,12H2,1-2H3,(H,21,23).